The fourth-order valence-electron chi connectivity index (χ4n) is 4.62. The normalized spacial score (nSPS) is 12.2. The van der Waals surface area contributed by atoms with E-state index in [1.807, 2.05) is 25.1 Å². The van der Waals surface area contributed by atoms with Gasteiger partial charge >= 0.3 is 0 Å². The molecule has 0 saturated heterocycles. The minimum absolute atomic E-state index is 0.0712. The predicted octanol–water partition coefficient (Wildman–Crippen LogP) is 7.27. The standard InChI is InChI=1S/C35H51N7O4Si2/c1-11-12-30(43)39-34-32(45-17-18-46-48(9,10)35(2,3)4)31-26(22-37-33(36-5)27(31)23-38-34)15-13-25-14-16-29-28(21-25)40-41-42(29)24-44-19-20-47(6,7)8/h14,16,21-23H,11-12,17-20,24H2,1-10H3,(H,36,37)(H,38,39,43). The van der Waals surface area contributed by atoms with Crippen LogP contribution in [0, 0.1) is 11.8 Å². The smallest absolute Gasteiger partial charge is 0.225 e. The lowest BCUT2D eigenvalue weighted by molar-refractivity contribution is -0.116. The van der Waals surface area contributed by atoms with Crippen LogP contribution in [-0.4, -0.2) is 74.1 Å². The highest BCUT2D eigenvalue weighted by Gasteiger charge is 2.37. The molecule has 48 heavy (non-hydrogen) atoms. The number of hydrogen-bond donors (Lipinski definition) is 2. The second kappa shape index (κ2) is 15.6. The van der Waals surface area contributed by atoms with Gasteiger partial charge in [0.05, 0.1) is 23.1 Å². The molecule has 0 unspecified atom stereocenters. The first-order valence-electron chi connectivity index (χ1n) is 16.6. The van der Waals surface area contributed by atoms with E-state index >= 15 is 0 Å². The minimum Gasteiger partial charge on any atom is -0.487 e. The van der Waals surface area contributed by atoms with Gasteiger partial charge in [-0.15, -0.1) is 5.10 Å². The summed E-state index contributed by atoms with van der Waals surface area (Å²) in [6.45, 7) is 21.8. The van der Waals surface area contributed by atoms with Crippen molar-refractivity contribution in [1.29, 1.82) is 0 Å². The largest absolute Gasteiger partial charge is 0.487 e. The molecule has 0 aliphatic heterocycles. The van der Waals surface area contributed by atoms with Crippen LogP contribution in [0.4, 0.5) is 11.6 Å². The molecule has 4 aromatic rings. The Kier molecular flexibility index (Phi) is 12.0. The number of hydrogen-bond acceptors (Lipinski definition) is 9. The van der Waals surface area contributed by atoms with Gasteiger partial charge in [-0.2, -0.15) is 0 Å². The highest BCUT2D eigenvalue weighted by Crippen LogP contribution is 2.38. The summed E-state index contributed by atoms with van der Waals surface area (Å²) in [5.74, 6) is 7.85. The van der Waals surface area contributed by atoms with Crippen LogP contribution in [0.15, 0.2) is 30.6 Å². The highest BCUT2D eigenvalue weighted by atomic mass is 28.4. The topological polar surface area (TPSA) is 125 Å². The predicted molar refractivity (Wildman–Crippen MR) is 199 cm³/mol. The van der Waals surface area contributed by atoms with Gasteiger partial charge in [0.25, 0.3) is 0 Å². The summed E-state index contributed by atoms with van der Waals surface area (Å²) in [6.07, 6.45) is 4.49. The van der Waals surface area contributed by atoms with Crippen molar-refractivity contribution in [3.8, 4) is 17.6 Å². The van der Waals surface area contributed by atoms with Gasteiger partial charge < -0.3 is 24.5 Å². The molecule has 3 heterocycles. The number of amides is 1. The number of ether oxygens (including phenoxy) is 2. The zero-order valence-electron chi connectivity index (χ0n) is 30.2. The number of nitrogens with zero attached hydrogens (tertiary/aromatic N) is 5. The number of pyridine rings is 2. The monoisotopic (exact) mass is 689 g/mol. The van der Waals surface area contributed by atoms with Crippen molar-refractivity contribution >= 4 is 55.7 Å². The van der Waals surface area contributed by atoms with Crippen LogP contribution < -0.4 is 15.4 Å². The quantitative estimate of drug-likeness (QED) is 0.0799. The molecule has 1 amide bonds. The lowest BCUT2D eigenvalue weighted by atomic mass is 10.1. The fraction of sp³-hybridized carbons (Fsp3) is 0.514. The van der Waals surface area contributed by atoms with E-state index in [-0.39, 0.29) is 17.6 Å². The van der Waals surface area contributed by atoms with Gasteiger partial charge in [-0.05, 0) is 48.8 Å². The second-order valence-electron chi connectivity index (χ2n) is 14.6. The van der Waals surface area contributed by atoms with Crippen LogP contribution in [0.1, 0.15) is 51.7 Å². The Morgan fingerprint density at radius 1 is 1.00 bits per heavy atom. The zero-order valence-corrected chi connectivity index (χ0v) is 32.2. The minimum atomic E-state index is -1.98. The summed E-state index contributed by atoms with van der Waals surface area (Å²) in [4.78, 5) is 21.9. The van der Waals surface area contributed by atoms with E-state index in [1.54, 1.807) is 24.1 Å². The number of benzene rings is 1. The Balaban J connectivity index is 1.68. The van der Waals surface area contributed by atoms with Crippen molar-refractivity contribution in [3.63, 3.8) is 0 Å². The average molecular weight is 690 g/mol. The Morgan fingerprint density at radius 2 is 1.75 bits per heavy atom. The summed E-state index contributed by atoms with van der Waals surface area (Å²) < 4.78 is 20.5. The third-order valence-electron chi connectivity index (χ3n) is 8.52. The molecule has 0 bridgehead atoms. The summed E-state index contributed by atoms with van der Waals surface area (Å²) >= 11 is 0. The highest BCUT2D eigenvalue weighted by molar-refractivity contribution is 6.76. The van der Waals surface area contributed by atoms with Gasteiger partial charge in [0, 0.05) is 51.5 Å². The Morgan fingerprint density at radius 3 is 2.44 bits per heavy atom. The molecule has 2 N–H and O–H groups in total. The van der Waals surface area contributed by atoms with E-state index in [0.717, 1.165) is 28.0 Å². The first kappa shape index (κ1) is 37.0. The summed E-state index contributed by atoms with van der Waals surface area (Å²) in [6, 6.07) is 6.92. The van der Waals surface area contributed by atoms with Gasteiger partial charge in [-0.1, -0.05) is 64.4 Å². The molecule has 0 spiro atoms. The van der Waals surface area contributed by atoms with E-state index < -0.39 is 16.4 Å². The third-order valence-corrected chi connectivity index (χ3v) is 14.8. The van der Waals surface area contributed by atoms with E-state index in [9.17, 15) is 4.79 Å². The van der Waals surface area contributed by atoms with Crippen LogP contribution in [0.3, 0.4) is 0 Å². The van der Waals surface area contributed by atoms with Gasteiger partial charge in [0.15, 0.2) is 19.9 Å². The molecule has 0 aliphatic carbocycles. The number of anilines is 2. The van der Waals surface area contributed by atoms with Crippen LogP contribution >= 0.6 is 0 Å². The summed E-state index contributed by atoms with van der Waals surface area (Å²) in [5.41, 5.74) is 3.03. The molecule has 11 nitrogen and oxygen atoms in total. The fourth-order valence-corrected chi connectivity index (χ4v) is 6.40. The molecule has 3 aromatic heterocycles. The SMILES string of the molecule is CCCC(=O)Nc1ncc2c(NC)ncc(C#Cc3ccc4c(c3)nnn4COCC[Si](C)(C)C)c2c1OCCO[Si](C)(C)C(C)(C)C. The lowest BCUT2D eigenvalue weighted by Crippen LogP contribution is -2.41. The lowest BCUT2D eigenvalue weighted by Gasteiger charge is -2.36. The van der Waals surface area contributed by atoms with Crippen molar-refractivity contribution < 1.29 is 18.7 Å². The van der Waals surface area contributed by atoms with Crippen molar-refractivity contribution in [2.45, 2.75) is 91.1 Å². The third kappa shape index (κ3) is 9.40. The number of nitrogens with one attached hydrogen (secondary N) is 2. The number of fused-ring (bicyclic) bond motifs is 2. The summed E-state index contributed by atoms with van der Waals surface area (Å²) in [7, 11) is -1.35. The maximum Gasteiger partial charge on any atom is 0.225 e. The van der Waals surface area contributed by atoms with Crippen molar-refractivity contribution in [2.75, 3.05) is 37.5 Å². The molecule has 4 rings (SSSR count). The van der Waals surface area contributed by atoms with Crippen molar-refractivity contribution in [3.05, 3.63) is 41.7 Å². The van der Waals surface area contributed by atoms with Crippen LogP contribution in [-0.2, 0) is 20.7 Å². The first-order valence-corrected chi connectivity index (χ1v) is 23.2. The molecule has 0 saturated carbocycles. The van der Waals surface area contributed by atoms with Gasteiger partial charge in [-0.3, -0.25) is 4.79 Å². The van der Waals surface area contributed by atoms with E-state index in [4.69, 9.17) is 13.9 Å². The first-order chi connectivity index (χ1) is 22.6. The number of carbonyl (C=O) groups excluding carboxylic acids is 1. The number of carbonyl (C=O) groups is 1. The molecule has 258 valence electrons. The van der Waals surface area contributed by atoms with Crippen LogP contribution in [0.25, 0.3) is 21.8 Å². The number of aromatic nitrogens is 5. The van der Waals surface area contributed by atoms with Crippen molar-refractivity contribution in [2.24, 2.45) is 0 Å². The van der Waals surface area contributed by atoms with Crippen LogP contribution in [0.5, 0.6) is 5.75 Å². The Bertz CT molecular complexity index is 1800. The Hall–Kier alpha value is -3.84. The molecule has 0 fully saturated rings. The van der Waals surface area contributed by atoms with Crippen LogP contribution in [0.2, 0.25) is 43.8 Å². The van der Waals surface area contributed by atoms with E-state index in [0.29, 0.717) is 61.1 Å². The second-order valence-corrected chi connectivity index (χ2v) is 25.1. The molecule has 0 atom stereocenters. The maximum absolute atomic E-state index is 12.7. The summed E-state index contributed by atoms with van der Waals surface area (Å²) in [5, 5.41) is 16.2. The Labute approximate surface area is 286 Å². The molecule has 0 radical (unpaired) electrons. The van der Waals surface area contributed by atoms with Crippen molar-refractivity contribution in [1.82, 2.24) is 25.0 Å². The van der Waals surface area contributed by atoms with Gasteiger partial charge in [0.1, 0.15) is 24.7 Å². The van der Waals surface area contributed by atoms with E-state index in [1.165, 1.54) is 0 Å². The molecular weight excluding hydrogens is 639 g/mol. The number of rotatable bonds is 14. The average Bonchev–Trinajstić information content (AvgIpc) is 3.41. The van der Waals surface area contributed by atoms with E-state index in [2.05, 4.69) is 96.3 Å². The molecule has 1 aromatic carbocycles. The van der Waals surface area contributed by atoms with Gasteiger partial charge in [0.2, 0.25) is 5.91 Å². The zero-order chi connectivity index (χ0) is 35.1. The van der Waals surface area contributed by atoms with Gasteiger partial charge in [-0.25, -0.2) is 14.6 Å². The molecular formula is C35H51N7O4Si2. The molecule has 13 heteroatoms. The molecule has 0 aliphatic rings. The maximum atomic E-state index is 12.7.